The van der Waals surface area contributed by atoms with Gasteiger partial charge >= 0.3 is 5.97 Å². The van der Waals surface area contributed by atoms with Crippen molar-refractivity contribution < 1.29 is 14.3 Å². The third-order valence-corrected chi connectivity index (χ3v) is 4.06. The van der Waals surface area contributed by atoms with Crippen LogP contribution < -0.4 is 0 Å². The summed E-state index contributed by atoms with van der Waals surface area (Å²) in [5.74, 6) is 0.744. The Morgan fingerprint density at radius 2 is 1.80 bits per heavy atom. The fourth-order valence-corrected chi connectivity index (χ4v) is 2.68. The minimum absolute atomic E-state index is 0.175. The van der Waals surface area contributed by atoms with E-state index in [4.69, 9.17) is 0 Å². The first-order valence-corrected chi connectivity index (χ1v) is 7.90. The molecule has 1 aliphatic rings. The summed E-state index contributed by atoms with van der Waals surface area (Å²) in [5.41, 5.74) is 0. The molecule has 0 aliphatic heterocycles. The summed E-state index contributed by atoms with van der Waals surface area (Å²) >= 11 is 0. The topological polar surface area (TPSA) is 46.6 Å². The van der Waals surface area contributed by atoms with Gasteiger partial charge in [-0.1, -0.05) is 33.1 Å². The molecule has 0 aromatic heterocycles. The molecule has 1 fully saturated rings. The van der Waals surface area contributed by atoms with E-state index in [0.29, 0.717) is 18.9 Å². The first kappa shape index (κ1) is 17.0. The highest BCUT2D eigenvalue weighted by Crippen LogP contribution is 2.25. The molecule has 0 aromatic rings. The standard InChI is InChI=1S/C16H29NO3/c1-13(2)9-11-17(12-10-15(18)20-3)16(19)14-7-5-4-6-8-14/h13-14H,4-12H2,1-3H3. The molecule has 0 unspecified atom stereocenters. The molecule has 1 rings (SSSR count). The molecule has 0 saturated heterocycles. The fourth-order valence-electron chi connectivity index (χ4n) is 2.68. The van der Waals surface area contributed by atoms with E-state index >= 15 is 0 Å². The predicted octanol–water partition coefficient (Wildman–Crippen LogP) is 3.00. The largest absolute Gasteiger partial charge is 0.469 e. The van der Waals surface area contributed by atoms with Gasteiger partial charge in [0.25, 0.3) is 0 Å². The molecule has 1 amide bonds. The highest BCUT2D eigenvalue weighted by molar-refractivity contribution is 5.79. The summed E-state index contributed by atoms with van der Waals surface area (Å²) in [5, 5.41) is 0. The van der Waals surface area contributed by atoms with E-state index in [1.54, 1.807) is 0 Å². The van der Waals surface area contributed by atoms with Crippen LogP contribution in [0, 0.1) is 11.8 Å². The van der Waals surface area contributed by atoms with Gasteiger partial charge in [0.1, 0.15) is 0 Å². The van der Waals surface area contributed by atoms with Gasteiger partial charge in [-0.05, 0) is 25.2 Å². The van der Waals surface area contributed by atoms with Gasteiger partial charge in [-0.25, -0.2) is 0 Å². The Morgan fingerprint density at radius 1 is 1.15 bits per heavy atom. The zero-order valence-corrected chi connectivity index (χ0v) is 13.2. The van der Waals surface area contributed by atoms with E-state index in [1.807, 2.05) is 4.90 Å². The van der Waals surface area contributed by atoms with Crippen LogP contribution in [0.5, 0.6) is 0 Å². The summed E-state index contributed by atoms with van der Waals surface area (Å²) in [6.07, 6.45) is 6.87. The molecular weight excluding hydrogens is 254 g/mol. The molecule has 0 heterocycles. The Kier molecular flexibility index (Phi) is 7.63. The second-order valence-corrected chi connectivity index (χ2v) is 6.17. The Bertz CT molecular complexity index is 309. The quantitative estimate of drug-likeness (QED) is 0.675. The number of nitrogens with zero attached hydrogens (tertiary/aromatic N) is 1. The van der Waals surface area contributed by atoms with Gasteiger partial charge in [0, 0.05) is 19.0 Å². The molecule has 116 valence electrons. The van der Waals surface area contributed by atoms with Crippen LogP contribution in [0.4, 0.5) is 0 Å². The average Bonchev–Trinajstić information content (AvgIpc) is 2.47. The van der Waals surface area contributed by atoms with Crippen molar-refractivity contribution in [2.45, 2.75) is 58.8 Å². The SMILES string of the molecule is COC(=O)CCN(CCC(C)C)C(=O)C1CCCCC1. The summed E-state index contributed by atoms with van der Waals surface area (Å²) < 4.78 is 4.67. The van der Waals surface area contributed by atoms with Crippen LogP contribution in [0.1, 0.15) is 58.8 Å². The summed E-state index contributed by atoms with van der Waals surface area (Å²) in [6.45, 7) is 5.56. The van der Waals surface area contributed by atoms with E-state index in [-0.39, 0.29) is 17.8 Å². The Hall–Kier alpha value is -1.06. The average molecular weight is 283 g/mol. The van der Waals surface area contributed by atoms with Crippen LogP contribution in [0.3, 0.4) is 0 Å². The molecule has 0 aromatic carbocycles. The van der Waals surface area contributed by atoms with Crippen molar-refractivity contribution in [2.75, 3.05) is 20.2 Å². The Labute approximate surface area is 122 Å². The minimum Gasteiger partial charge on any atom is -0.469 e. The van der Waals surface area contributed by atoms with Gasteiger partial charge in [0.05, 0.1) is 13.5 Å². The zero-order valence-electron chi connectivity index (χ0n) is 13.2. The van der Waals surface area contributed by atoms with Crippen molar-refractivity contribution in [3.63, 3.8) is 0 Å². The molecule has 4 heteroatoms. The Morgan fingerprint density at radius 3 is 2.35 bits per heavy atom. The number of methoxy groups -OCH3 is 1. The summed E-state index contributed by atoms with van der Waals surface area (Å²) in [6, 6.07) is 0. The first-order valence-electron chi connectivity index (χ1n) is 7.90. The molecule has 0 atom stereocenters. The van der Waals surface area contributed by atoms with Crippen molar-refractivity contribution in [2.24, 2.45) is 11.8 Å². The third-order valence-electron chi connectivity index (χ3n) is 4.06. The normalized spacial score (nSPS) is 16.2. The number of ether oxygens (including phenoxy) is 1. The fraction of sp³-hybridized carbons (Fsp3) is 0.875. The number of hydrogen-bond acceptors (Lipinski definition) is 3. The van der Waals surface area contributed by atoms with Crippen LogP contribution >= 0.6 is 0 Å². The van der Waals surface area contributed by atoms with Crippen molar-refractivity contribution >= 4 is 11.9 Å². The van der Waals surface area contributed by atoms with Gasteiger partial charge in [-0.15, -0.1) is 0 Å². The highest BCUT2D eigenvalue weighted by Gasteiger charge is 2.26. The lowest BCUT2D eigenvalue weighted by Crippen LogP contribution is -2.39. The van der Waals surface area contributed by atoms with Gasteiger partial charge in [0.15, 0.2) is 0 Å². The second kappa shape index (κ2) is 8.98. The van der Waals surface area contributed by atoms with Gasteiger partial charge < -0.3 is 9.64 Å². The van der Waals surface area contributed by atoms with Crippen molar-refractivity contribution in [3.8, 4) is 0 Å². The molecule has 0 bridgehead atoms. The van der Waals surface area contributed by atoms with Crippen LogP contribution in [-0.4, -0.2) is 37.0 Å². The molecule has 4 nitrogen and oxygen atoms in total. The molecular formula is C16H29NO3. The van der Waals surface area contributed by atoms with E-state index in [9.17, 15) is 9.59 Å². The zero-order chi connectivity index (χ0) is 15.0. The first-order chi connectivity index (χ1) is 9.54. The van der Waals surface area contributed by atoms with Gasteiger partial charge in [0.2, 0.25) is 5.91 Å². The van der Waals surface area contributed by atoms with Gasteiger partial charge in [-0.2, -0.15) is 0 Å². The van der Waals surface area contributed by atoms with Crippen LogP contribution in [0.25, 0.3) is 0 Å². The van der Waals surface area contributed by atoms with E-state index in [1.165, 1.54) is 13.5 Å². The number of rotatable bonds is 7. The van der Waals surface area contributed by atoms with Crippen molar-refractivity contribution in [1.29, 1.82) is 0 Å². The molecule has 0 radical (unpaired) electrons. The number of esters is 1. The summed E-state index contributed by atoms with van der Waals surface area (Å²) in [7, 11) is 1.39. The molecule has 20 heavy (non-hydrogen) atoms. The summed E-state index contributed by atoms with van der Waals surface area (Å²) in [4.78, 5) is 25.8. The van der Waals surface area contributed by atoms with Crippen molar-refractivity contribution in [1.82, 2.24) is 4.90 Å². The lowest BCUT2D eigenvalue weighted by molar-refractivity contribution is -0.142. The number of carbonyl (C=O) groups excluding carboxylic acids is 2. The molecule has 0 N–H and O–H groups in total. The highest BCUT2D eigenvalue weighted by atomic mass is 16.5. The lowest BCUT2D eigenvalue weighted by Gasteiger charge is -2.29. The minimum atomic E-state index is -0.240. The molecule has 0 spiro atoms. The molecule has 1 saturated carbocycles. The Balaban J connectivity index is 2.54. The monoisotopic (exact) mass is 283 g/mol. The maximum absolute atomic E-state index is 12.6. The second-order valence-electron chi connectivity index (χ2n) is 6.17. The van der Waals surface area contributed by atoms with Crippen LogP contribution in [-0.2, 0) is 14.3 Å². The molecule has 1 aliphatic carbocycles. The van der Waals surface area contributed by atoms with E-state index in [2.05, 4.69) is 18.6 Å². The van der Waals surface area contributed by atoms with E-state index < -0.39 is 0 Å². The van der Waals surface area contributed by atoms with Crippen molar-refractivity contribution in [3.05, 3.63) is 0 Å². The predicted molar refractivity (Wildman–Crippen MR) is 79.2 cm³/mol. The number of carbonyl (C=O) groups is 2. The van der Waals surface area contributed by atoms with Gasteiger partial charge in [-0.3, -0.25) is 9.59 Å². The van der Waals surface area contributed by atoms with Crippen LogP contribution in [0.15, 0.2) is 0 Å². The maximum atomic E-state index is 12.6. The van der Waals surface area contributed by atoms with Crippen LogP contribution in [0.2, 0.25) is 0 Å². The number of amides is 1. The smallest absolute Gasteiger partial charge is 0.307 e. The van der Waals surface area contributed by atoms with E-state index in [0.717, 1.165) is 38.6 Å². The maximum Gasteiger partial charge on any atom is 0.307 e. The number of hydrogen-bond donors (Lipinski definition) is 0. The lowest BCUT2D eigenvalue weighted by atomic mass is 9.88. The third kappa shape index (κ3) is 5.93.